The van der Waals surface area contributed by atoms with E-state index in [2.05, 4.69) is 45.3 Å². The van der Waals surface area contributed by atoms with Gasteiger partial charge in [0.05, 0.1) is 16.2 Å². The Hall–Kier alpha value is -2.12. The number of carbonyl (C=O) groups is 1. The number of amides is 1. The molecule has 2 unspecified atom stereocenters. The van der Waals surface area contributed by atoms with Crippen molar-refractivity contribution in [3.63, 3.8) is 0 Å². The maximum atomic E-state index is 12.8. The number of halogens is 1. The molecular formula is C22H24BrN3O2S. The molecule has 0 radical (unpaired) electrons. The van der Waals surface area contributed by atoms with Crippen molar-refractivity contribution in [1.29, 1.82) is 0 Å². The van der Waals surface area contributed by atoms with E-state index in [9.17, 15) is 9.59 Å². The largest absolute Gasteiger partial charge is 0.355 e. The fraction of sp³-hybridized carbons (Fsp3) is 0.318. The molecule has 2 aromatic carbocycles. The molecule has 3 rings (SSSR count). The second-order valence-electron chi connectivity index (χ2n) is 6.92. The van der Waals surface area contributed by atoms with E-state index >= 15 is 0 Å². The Labute approximate surface area is 183 Å². The maximum absolute atomic E-state index is 12.8. The summed E-state index contributed by atoms with van der Waals surface area (Å²) in [7, 11) is 0. The van der Waals surface area contributed by atoms with Crippen LogP contribution in [0.25, 0.3) is 10.9 Å². The van der Waals surface area contributed by atoms with Crippen molar-refractivity contribution < 1.29 is 4.79 Å². The van der Waals surface area contributed by atoms with Gasteiger partial charge >= 0.3 is 0 Å². The molecule has 1 amide bonds. The molecule has 0 aliphatic carbocycles. The van der Waals surface area contributed by atoms with Gasteiger partial charge in [0.1, 0.15) is 0 Å². The number of fused-ring (bicyclic) bond motifs is 1. The summed E-state index contributed by atoms with van der Waals surface area (Å²) in [6.45, 7) is 6.89. The zero-order valence-corrected chi connectivity index (χ0v) is 19.1. The summed E-state index contributed by atoms with van der Waals surface area (Å²) in [5.74, 6) is 0.161. The summed E-state index contributed by atoms with van der Waals surface area (Å²) in [6.07, 6.45) is 0. The Morgan fingerprint density at radius 3 is 2.62 bits per heavy atom. The van der Waals surface area contributed by atoms with E-state index in [1.54, 1.807) is 10.6 Å². The van der Waals surface area contributed by atoms with Crippen molar-refractivity contribution >= 4 is 44.5 Å². The summed E-state index contributed by atoms with van der Waals surface area (Å²) >= 11 is 4.71. The number of hydrogen-bond acceptors (Lipinski definition) is 4. The van der Waals surface area contributed by atoms with E-state index < -0.39 is 0 Å². The minimum absolute atomic E-state index is 0.0643. The number of hydrogen-bond donors (Lipinski definition) is 1. The van der Waals surface area contributed by atoms with Crippen LogP contribution in [-0.4, -0.2) is 27.3 Å². The molecule has 0 fully saturated rings. The first-order valence-corrected chi connectivity index (χ1v) is 11.3. The van der Waals surface area contributed by atoms with Crippen LogP contribution in [0, 0.1) is 0 Å². The third kappa shape index (κ3) is 5.08. The highest BCUT2D eigenvalue weighted by atomic mass is 79.9. The van der Waals surface area contributed by atoms with E-state index in [1.807, 2.05) is 44.2 Å². The van der Waals surface area contributed by atoms with E-state index in [-0.39, 0.29) is 22.6 Å². The average molecular weight is 474 g/mol. The lowest BCUT2D eigenvalue weighted by Crippen LogP contribution is -2.34. The smallest absolute Gasteiger partial charge is 0.262 e. The second kappa shape index (κ2) is 9.59. The van der Waals surface area contributed by atoms with Crippen LogP contribution in [-0.2, 0) is 11.3 Å². The molecule has 2 atom stereocenters. The molecule has 0 saturated carbocycles. The highest BCUT2D eigenvalue weighted by Crippen LogP contribution is 2.24. The third-order valence-electron chi connectivity index (χ3n) is 4.80. The normalized spacial score (nSPS) is 13.2. The van der Waals surface area contributed by atoms with E-state index in [0.717, 1.165) is 4.47 Å². The van der Waals surface area contributed by atoms with Gasteiger partial charge in [-0.1, -0.05) is 64.9 Å². The Bertz CT molecular complexity index is 1070. The van der Waals surface area contributed by atoms with E-state index in [4.69, 9.17) is 0 Å². The highest BCUT2D eigenvalue weighted by molar-refractivity contribution is 9.10. The van der Waals surface area contributed by atoms with Crippen LogP contribution in [0.5, 0.6) is 0 Å². The molecular weight excluding hydrogens is 450 g/mol. The number of rotatable bonds is 7. The number of aromatic nitrogens is 2. The van der Waals surface area contributed by atoms with Crippen LogP contribution in [0.1, 0.15) is 32.3 Å². The molecule has 152 valence electrons. The number of nitrogens with one attached hydrogen (secondary N) is 1. The Kier molecular flexibility index (Phi) is 7.14. The highest BCUT2D eigenvalue weighted by Gasteiger charge is 2.19. The summed E-state index contributed by atoms with van der Waals surface area (Å²) in [6, 6.07) is 15.6. The molecule has 5 nitrogen and oxygen atoms in total. The molecule has 3 aromatic rings. The zero-order valence-electron chi connectivity index (χ0n) is 16.7. The van der Waals surface area contributed by atoms with Crippen LogP contribution in [0.2, 0.25) is 0 Å². The van der Waals surface area contributed by atoms with Gasteiger partial charge in [-0.3, -0.25) is 14.2 Å². The zero-order chi connectivity index (χ0) is 21.0. The van der Waals surface area contributed by atoms with Crippen molar-refractivity contribution in [2.45, 2.75) is 43.6 Å². The van der Waals surface area contributed by atoms with Gasteiger partial charge in [0.15, 0.2) is 5.16 Å². The third-order valence-corrected chi connectivity index (χ3v) is 6.38. The van der Waals surface area contributed by atoms with E-state index in [0.29, 0.717) is 29.1 Å². The van der Waals surface area contributed by atoms with Gasteiger partial charge in [0, 0.05) is 17.6 Å². The predicted octanol–water partition coefficient (Wildman–Crippen LogP) is 4.58. The van der Waals surface area contributed by atoms with Crippen LogP contribution in [0.4, 0.5) is 0 Å². The molecule has 1 aromatic heterocycles. The van der Waals surface area contributed by atoms with E-state index in [1.165, 1.54) is 17.3 Å². The molecule has 1 heterocycles. The number of benzene rings is 2. The van der Waals surface area contributed by atoms with Crippen LogP contribution >= 0.6 is 27.7 Å². The molecule has 29 heavy (non-hydrogen) atoms. The van der Waals surface area contributed by atoms with Crippen molar-refractivity contribution in [3.05, 3.63) is 68.9 Å². The molecule has 0 bridgehead atoms. The lowest BCUT2D eigenvalue weighted by atomic mass is 10.0. The molecule has 0 spiro atoms. The lowest BCUT2D eigenvalue weighted by molar-refractivity contribution is -0.120. The molecule has 0 saturated heterocycles. The van der Waals surface area contributed by atoms with Gasteiger partial charge in [-0.25, -0.2) is 4.98 Å². The second-order valence-corrected chi connectivity index (χ2v) is 9.15. The standard InChI is InChI=1S/C22H24BrN3O2S/c1-4-26-21(28)18-12-17(23)10-11-19(18)25-22(26)29-15(3)20(27)24-13-14(2)16-8-6-5-7-9-16/h5-12,14-15H,4,13H2,1-3H3,(H,24,27). The fourth-order valence-corrected chi connectivity index (χ4v) is 4.41. The van der Waals surface area contributed by atoms with Crippen molar-refractivity contribution in [2.75, 3.05) is 6.54 Å². The van der Waals surface area contributed by atoms with Crippen molar-refractivity contribution in [2.24, 2.45) is 0 Å². The topological polar surface area (TPSA) is 64.0 Å². The minimum atomic E-state index is -0.365. The average Bonchev–Trinajstić information content (AvgIpc) is 2.73. The van der Waals surface area contributed by atoms with Crippen LogP contribution in [0.15, 0.2) is 63.0 Å². The molecule has 0 aliphatic heterocycles. The number of carbonyl (C=O) groups excluding carboxylic acids is 1. The first kappa shape index (κ1) is 21.6. The quantitative estimate of drug-likeness (QED) is 0.402. The van der Waals surface area contributed by atoms with Crippen molar-refractivity contribution in [3.8, 4) is 0 Å². The summed E-state index contributed by atoms with van der Waals surface area (Å²) in [5, 5.41) is 3.78. The first-order chi connectivity index (χ1) is 13.9. The monoisotopic (exact) mass is 473 g/mol. The van der Waals surface area contributed by atoms with Gasteiger partial charge in [0.25, 0.3) is 5.56 Å². The SMILES string of the molecule is CCn1c(SC(C)C(=O)NCC(C)c2ccccc2)nc2ccc(Br)cc2c1=O. The minimum Gasteiger partial charge on any atom is -0.355 e. The summed E-state index contributed by atoms with van der Waals surface area (Å²) in [5.41, 5.74) is 1.73. The van der Waals surface area contributed by atoms with Gasteiger partial charge in [-0.15, -0.1) is 0 Å². The first-order valence-electron chi connectivity index (χ1n) is 9.60. The van der Waals surface area contributed by atoms with Crippen molar-refractivity contribution in [1.82, 2.24) is 14.9 Å². The Morgan fingerprint density at radius 2 is 1.93 bits per heavy atom. The van der Waals surface area contributed by atoms with Gasteiger partial charge in [0.2, 0.25) is 5.91 Å². The maximum Gasteiger partial charge on any atom is 0.262 e. The molecule has 1 N–H and O–H groups in total. The van der Waals surface area contributed by atoms with Gasteiger partial charge in [-0.2, -0.15) is 0 Å². The number of nitrogens with zero attached hydrogens (tertiary/aromatic N) is 2. The number of thioether (sulfide) groups is 1. The summed E-state index contributed by atoms with van der Waals surface area (Å²) < 4.78 is 2.46. The Morgan fingerprint density at radius 1 is 1.21 bits per heavy atom. The van der Waals surface area contributed by atoms with Crippen LogP contribution in [0.3, 0.4) is 0 Å². The molecule has 7 heteroatoms. The fourth-order valence-electron chi connectivity index (χ4n) is 3.05. The molecule has 0 aliphatic rings. The van der Waals surface area contributed by atoms with Gasteiger partial charge in [-0.05, 0) is 43.5 Å². The predicted molar refractivity (Wildman–Crippen MR) is 123 cm³/mol. The Balaban J connectivity index is 1.73. The summed E-state index contributed by atoms with van der Waals surface area (Å²) in [4.78, 5) is 30.1. The lowest BCUT2D eigenvalue weighted by Gasteiger charge is -2.17. The van der Waals surface area contributed by atoms with Crippen LogP contribution < -0.4 is 10.9 Å². The van der Waals surface area contributed by atoms with Gasteiger partial charge < -0.3 is 5.32 Å².